The minimum Gasteiger partial charge on any atom is -0.381 e. The summed E-state index contributed by atoms with van der Waals surface area (Å²) in [7, 11) is 0. The zero-order valence-corrected chi connectivity index (χ0v) is 14.9. The maximum absolute atomic E-state index is 12.7. The first-order valence-electron chi connectivity index (χ1n) is 9.30. The van der Waals surface area contributed by atoms with Gasteiger partial charge in [0.05, 0.1) is 24.7 Å². The van der Waals surface area contributed by atoms with Crippen LogP contribution >= 0.6 is 0 Å². The monoisotopic (exact) mass is 354 g/mol. The summed E-state index contributed by atoms with van der Waals surface area (Å²) in [5, 5.41) is 3.07. The van der Waals surface area contributed by atoms with E-state index in [2.05, 4.69) is 10.2 Å². The van der Waals surface area contributed by atoms with Gasteiger partial charge in [0.15, 0.2) is 0 Å². The van der Waals surface area contributed by atoms with Crippen LogP contribution in [-0.2, 0) is 19.1 Å². The standard InChI is InChI=1S/C17H30N4O4/c18-13-17(1-7-24-8-2-17)16(23)19-14-11-15(22)21(12-14)4-3-20-5-9-25-10-6-20/h14H,1-13,18H2,(H,19,23). The first kappa shape index (κ1) is 18.6. The van der Waals surface area contributed by atoms with Gasteiger partial charge in [0.1, 0.15) is 0 Å². The smallest absolute Gasteiger partial charge is 0.227 e. The summed E-state index contributed by atoms with van der Waals surface area (Å²) in [6.45, 7) is 6.98. The van der Waals surface area contributed by atoms with Crippen molar-refractivity contribution in [2.75, 3.05) is 65.7 Å². The maximum atomic E-state index is 12.7. The number of likely N-dealkylation sites (tertiary alicyclic amines) is 1. The number of nitrogens with two attached hydrogens (primary N) is 1. The van der Waals surface area contributed by atoms with E-state index in [-0.39, 0.29) is 17.9 Å². The van der Waals surface area contributed by atoms with Crippen molar-refractivity contribution >= 4 is 11.8 Å². The maximum Gasteiger partial charge on any atom is 0.227 e. The van der Waals surface area contributed by atoms with E-state index >= 15 is 0 Å². The van der Waals surface area contributed by atoms with Gasteiger partial charge in [0.2, 0.25) is 11.8 Å². The fraction of sp³-hybridized carbons (Fsp3) is 0.882. The van der Waals surface area contributed by atoms with E-state index in [0.717, 1.165) is 32.8 Å². The Bertz CT molecular complexity index is 475. The van der Waals surface area contributed by atoms with E-state index in [1.807, 2.05) is 4.90 Å². The van der Waals surface area contributed by atoms with Gasteiger partial charge in [0, 0.05) is 58.9 Å². The highest BCUT2D eigenvalue weighted by atomic mass is 16.5. The van der Waals surface area contributed by atoms with Crippen molar-refractivity contribution in [1.82, 2.24) is 15.1 Å². The summed E-state index contributed by atoms with van der Waals surface area (Å²) < 4.78 is 10.7. The van der Waals surface area contributed by atoms with Crippen LogP contribution in [0, 0.1) is 5.41 Å². The van der Waals surface area contributed by atoms with Crippen molar-refractivity contribution in [2.24, 2.45) is 11.1 Å². The molecule has 1 unspecified atom stereocenters. The highest BCUT2D eigenvalue weighted by Crippen LogP contribution is 2.30. The van der Waals surface area contributed by atoms with E-state index in [1.165, 1.54) is 0 Å². The largest absolute Gasteiger partial charge is 0.381 e. The molecule has 0 radical (unpaired) electrons. The normalized spacial score (nSPS) is 27.5. The molecule has 142 valence electrons. The van der Waals surface area contributed by atoms with E-state index in [4.69, 9.17) is 15.2 Å². The third-order valence-corrected chi connectivity index (χ3v) is 5.66. The van der Waals surface area contributed by atoms with Crippen LogP contribution in [0.1, 0.15) is 19.3 Å². The molecule has 3 aliphatic heterocycles. The number of morpholine rings is 1. The van der Waals surface area contributed by atoms with Crippen LogP contribution in [0.2, 0.25) is 0 Å². The van der Waals surface area contributed by atoms with Gasteiger partial charge in [-0.1, -0.05) is 0 Å². The van der Waals surface area contributed by atoms with Crippen LogP contribution in [0.4, 0.5) is 0 Å². The zero-order valence-electron chi connectivity index (χ0n) is 14.9. The van der Waals surface area contributed by atoms with Gasteiger partial charge in [0.25, 0.3) is 0 Å². The number of carbonyl (C=O) groups is 2. The average Bonchev–Trinajstić information content (AvgIpc) is 3.00. The second-order valence-corrected chi connectivity index (χ2v) is 7.27. The Morgan fingerprint density at radius 2 is 1.84 bits per heavy atom. The Morgan fingerprint density at radius 3 is 2.52 bits per heavy atom. The second kappa shape index (κ2) is 8.44. The first-order chi connectivity index (χ1) is 12.1. The first-order valence-corrected chi connectivity index (χ1v) is 9.30. The molecule has 8 heteroatoms. The van der Waals surface area contributed by atoms with Crippen LogP contribution in [-0.4, -0.2) is 93.4 Å². The molecule has 0 spiro atoms. The Kier molecular flexibility index (Phi) is 6.27. The van der Waals surface area contributed by atoms with Gasteiger partial charge in [-0.25, -0.2) is 0 Å². The average molecular weight is 354 g/mol. The SMILES string of the molecule is NCC1(C(=O)NC2CC(=O)N(CCN3CCOCC3)C2)CCOCC1. The summed E-state index contributed by atoms with van der Waals surface area (Å²) in [6, 6.07) is -0.115. The highest BCUT2D eigenvalue weighted by Gasteiger charge is 2.41. The number of hydrogen-bond acceptors (Lipinski definition) is 6. The number of amides is 2. The molecule has 2 amide bonds. The third-order valence-electron chi connectivity index (χ3n) is 5.66. The molecule has 3 saturated heterocycles. The van der Waals surface area contributed by atoms with Gasteiger partial charge in [-0.15, -0.1) is 0 Å². The molecule has 1 atom stereocenters. The molecule has 3 N–H and O–H groups in total. The molecule has 0 saturated carbocycles. The van der Waals surface area contributed by atoms with Crippen LogP contribution in [0.25, 0.3) is 0 Å². The fourth-order valence-corrected chi connectivity index (χ4v) is 3.80. The van der Waals surface area contributed by atoms with E-state index in [9.17, 15) is 9.59 Å². The van der Waals surface area contributed by atoms with Crippen molar-refractivity contribution in [1.29, 1.82) is 0 Å². The lowest BCUT2D eigenvalue weighted by Gasteiger charge is -2.35. The second-order valence-electron chi connectivity index (χ2n) is 7.27. The molecule has 0 aromatic rings. The Morgan fingerprint density at radius 1 is 1.16 bits per heavy atom. The minimum absolute atomic E-state index is 0.0221. The van der Waals surface area contributed by atoms with Gasteiger partial charge in [-0.2, -0.15) is 0 Å². The van der Waals surface area contributed by atoms with E-state index < -0.39 is 5.41 Å². The lowest BCUT2D eigenvalue weighted by Crippen LogP contribution is -2.52. The van der Waals surface area contributed by atoms with Gasteiger partial charge in [-0.05, 0) is 12.8 Å². The third kappa shape index (κ3) is 4.49. The summed E-state index contributed by atoms with van der Waals surface area (Å²) >= 11 is 0. The number of nitrogens with one attached hydrogen (secondary N) is 1. The summed E-state index contributed by atoms with van der Waals surface area (Å²) in [6.07, 6.45) is 1.68. The Labute approximate surface area is 149 Å². The van der Waals surface area contributed by atoms with Crippen molar-refractivity contribution in [3.05, 3.63) is 0 Å². The molecule has 8 nitrogen and oxygen atoms in total. The molecule has 3 rings (SSSR count). The molecule has 0 aromatic heterocycles. The fourth-order valence-electron chi connectivity index (χ4n) is 3.80. The Hall–Kier alpha value is -1.22. The van der Waals surface area contributed by atoms with E-state index in [1.54, 1.807) is 0 Å². The Balaban J connectivity index is 1.47. The predicted molar refractivity (Wildman–Crippen MR) is 91.9 cm³/mol. The molecular formula is C17H30N4O4. The molecule has 3 aliphatic rings. The van der Waals surface area contributed by atoms with Crippen LogP contribution in [0.3, 0.4) is 0 Å². The summed E-state index contributed by atoms with van der Waals surface area (Å²) in [5.41, 5.74) is 5.35. The quantitative estimate of drug-likeness (QED) is 0.621. The van der Waals surface area contributed by atoms with Crippen molar-refractivity contribution < 1.29 is 19.1 Å². The van der Waals surface area contributed by atoms with Crippen LogP contribution in [0.15, 0.2) is 0 Å². The number of ether oxygens (including phenoxy) is 2. The lowest BCUT2D eigenvalue weighted by molar-refractivity contribution is -0.136. The zero-order chi connectivity index (χ0) is 17.7. The molecule has 3 heterocycles. The number of nitrogens with zero attached hydrogens (tertiary/aromatic N) is 2. The minimum atomic E-state index is -0.539. The van der Waals surface area contributed by atoms with Crippen LogP contribution < -0.4 is 11.1 Å². The predicted octanol–water partition coefficient (Wildman–Crippen LogP) is -1.21. The number of hydrogen-bond donors (Lipinski definition) is 2. The molecule has 0 aliphatic carbocycles. The van der Waals surface area contributed by atoms with Gasteiger partial charge in [-0.3, -0.25) is 14.5 Å². The summed E-state index contributed by atoms with van der Waals surface area (Å²) in [4.78, 5) is 29.2. The molecular weight excluding hydrogens is 324 g/mol. The van der Waals surface area contributed by atoms with Crippen molar-refractivity contribution in [2.45, 2.75) is 25.3 Å². The lowest BCUT2D eigenvalue weighted by atomic mass is 9.79. The van der Waals surface area contributed by atoms with Crippen LogP contribution in [0.5, 0.6) is 0 Å². The van der Waals surface area contributed by atoms with Crippen molar-refractivity contribution in [3.63, 3.8) is 0 Å². The molecule has 25 heavy (non-hydrogen) atoms. The van der Waals surface area contributed by atoms with Gasteiger partial charge < -0.3 is 25.4 Å². The number of rotatable bonds is 6. The highest BCUT2D eigenvalue weighted by molar-refractivity contribution is 5.85. The topological polar surface area (TPSA) is 97.1 Å². The molecule has 0 bridgehead atoms. The summed E-state index contributed by atoms with van der Waals surface area (Å²) in [5.74, 6) is 0.0958. The van der Waals surface area contributed by atoms with Gasteiger partial charge >= 0.3 is 0 Å². The molecule has 3 fully saturated rings. The van der Waals surface area contributed by atoms with Crippen molar-refractivity contribution in [3.8, 4) is 0 Å². The number of carbonyl (C=O) groups excluding carboxylic acids is 2. The molecule has 0 aromatic carbocycles. The van der Waals surface area contributed by atoms with E-state index in [0.29, 0.717) is 52.1 Å².